The fourth-order valence-electron chi connectivity index (χ4n) is 2.21. The van der Waals surface area contributed by atoms with E-state index in [9.17, 15) is 0 Å². The van der Waals surface area contributed by atoms with Crippen molar-refractivity contribution in [1.29, 1.82) is 0 Å². The average Bonchev–Trinajstić information content (AvgIpc) is 2.69. The highest BCUT2D eigenvalue weighted by Gasteiger charge is 2.15. The molecule has 1 saturated carbocycles. The van der Waals surface area contributed by atoms with Crippen LogP contribution in [0.5, 0.6) is 0 Å². The molecule has 1 heteroatoms. The SMILES string of the molecule is c1cc[n+](CCC2CCCC2)cc1. The summed E-state index contributed by atoms with van der Waals surface area (Å²) in [6.07, 6.45) is 11.5. The van der Waals surface area contributed by atoms with Gasteiger partial charge in [0.2, 0.25) is 0 Å². The van der Waals surface area contributed by atoms with Crippen molar-refractivity contribution in [2.24, 2.45) is 5.92 Å². The molecule has 70 valence electrons. The first kappa shape index (κ1) is 8.74. The van der Waals surface area contributed by atoms with Gasteiger partial charge in [0.25, 0.3) is 0 Å². The highest BCUT2D eigenvalue weighted by atomic mass is 14.9. The quantitative estimate of drug-likeness (QED) is 0.623. The van der Waals surface area contributed by atoms with Crippen LogP contribution in [0, 0.1) is 5.92 Å². The van der Waals surface area contributed by atoms with Crippen molar-refractivity contribution in [1.82, 2.24) is 0 Å². The molecule has 0 aromatic carbocycles. The first-order valence-electron chi connectivity index (χ1n) is 5.39. The summed E-state index contributed by atoms with van der Waals surface area (Å²) in [6.45, 7) is 1.20. The minimum Gasteiger partial charge on any atom is -0.205 e. The van der Waals surface area contributed by atoms with E-state index in [2.05, 4.69) is 35.2 Å². The Morgan fingerprint density at radius 3 is 2.38 bits per heavy atom. The summed E-state index contributed by atoms with van der Waals surface area (Å²) in [4.78, 5) is 0. The topological polar surface area (TPSA) is 3.88 Å². The molecule has 0 N–H and O–H groups in total. The minimum atomic E-state index is 1.01. The molecule has 0 unspecified atom stereocenters. The summed E-state index contributed by atoms with van der Waals surface area (Å²) in [5.74, 6) is 1.01. The first-order chi connectivity index (χ1) is 6.45. The van der Waals surface area contributed by atoms with E-state index in [0.29, 0.717) is 0 Å². The number of aryl methyl sites for hydroxylation is 1. The van der Waals surface area contributed by atoms with Crippen LogP contribution in [0.2, 0.25) is 0 Å². The predicted octanol–water partition coefficient (Wildman–Crippen LogP) is 2.55. The van der Waals surface area contributed by atoms with Gasteiger partial charge >= 0.3 is 0 Å². The molecule has 0 radical (unpaired) electrons. The van der Waals surface area contributed by atoms with Crippen molar-refractivity contribution in [2.45, 2.75) is 38.6 Å². The van der Waals surface area contributed by atoms with E-state index in [0.717, 1.165) is 5.92 Å². The van der Waals surface area contributed by atoms with Crippen molar-refractivity contribution in [3.63, 3.8) is 0 Å². The largest absolute Gasteiger partial charge is 0.205 e. The molecule has 0 spiro atoms. The molecule has 13 heavy (non-hydrogen) atoms. The van der Waals surface area contributed by atoms with Crippen molar-refractivity contribution in [3.8, 4) is 0 Å². The fraction of sp³-hybridized carbons (Fsp3) is 0.583. The van der Waals surface area contributed by atoms with E-state index in [4.69, 9.17) is 0 Å². The number of hydrogen-bond acceptors (Lipinski definition) is 0. The normalized spacial score (nSPS) is 17.8. The summed E-state index contributed by atoms with van der Waals surface area (Å²) >= 11 is 0. The molecular formula is C12H18N+. The lowest BCUT2D eigenvalue weighted by molar-refractivity contribution is -0.698. The molecule has 2 rings (SSSR count). The molecule has 1 nitrogen and oxygen atoms in total. The standard InChI is InChI=1S/C12H18N/c1-4-9-13(10-5-1)11-8-12-6-2-3-7-12/h1,4-5,9-10,12H,2-3,6-8,11H2/q+1. The molecule has 0 atom stereocenters. The maximum Gasteiger partial charge on any atom is 0.168 e. The highest BCUT2D eigenvalue weighted by molar-refractivity contribution is 4.83. The lowest BCUT2D eigenvalue weighted by Gasteiger charge is -2.04. The van der Waals surface area contributed by atoms with Gasteiger partial charge in [-0.25, -0.2) is 4.57 Å². The number of aromatic nitrogens is 1. The van der Waals surface area contributed by atoms with Crippen molar-refractivity contribution in [3.05, 3.63) is 30.6 Å². The Labute approximate surface area is 80.4 Å². The van der Waals surface area contributed by atoms with Gasteiger partial charge in [-0.3, -0.25) is 0 Å². The molecule has 1 aromatic heterocycles. The highest BCUT2D eigenvalue weighted by Crippen LogP contribution is 2.27. The van der Waals surface area contributed by atoms with Gasteiger partial charge < -0.3 is 0 Å². The van der Waals surface area contributed by atoms with E-state index in [1.54, 1.807) is 0 Å². The molecule has 0 bridgehead atoms. The summed E-state index contributed by atoms with van der Waals surface area (Å²) in [5.41, 5.74) is 0. The fourth-order valence-corrected chi connectivity index (χ4v) is 2.21. The Hall–Kier alpha value is -0.850. The molecule has 1 fully saturated rings. The Morgan fingerprint density at radius 2 is 1.69 bits per heavy atom. The van der Waals surface area contributed by atoms with Crippen molar-refractivity contribution in [2.75, 3.05) is 0 Å². The zero-order valence-corrected chi connectivity index (χ0v) is 8.15. The molecule has 0 amide bonds. The summed E-state index contributed by atoms with van der Waals surface area (Å²) in [7, 11) is 0. The van der Waals surface area contributed by atoms with Gasteiger partial charge in [0.1, 0.15) is 6.54 Å². The van der Waals surface area contributed by atoms with E-state index >= 15 is 0 Å². The Kier molecular flexibility index (Phi) is 2.96. The third-order valence-electron chi connectivity index (χ3n) is 3.05. The third kappa shape index (κ3) is 2.55. The van der Waals surface area contributed by atoms with E-state index in [1.807, 2.05) is 0 Å². The van der Waals surface area contributed by atoms with E-state index in [1.165, 1.54) is 38.6 Å². The lowest BCUT2D eigenvalue weighted by atomic mass is 10.0. The third-order valence-corrected chi connectivity index (χ3v) is 3.05. The number of nitrogens with zero attached hydrogens (tertiary/aromatic N) is 1. The predicted molar refractivity (Wildman–Crippen MR) is 53.2 cm³/mol. The Bertz CT molecular complexity index is 237. The van der Waals surface area contributed by atoms with Crippen LogP contribution in [0.1, 0.15) is 32.1 Å². The number of pyridine rings is 1. The first-order valence-corrected chi connectivity index (χ1v) is 5.39. The van der Waals surface area contributed by atoms with Gasteiger partial charge in [-0.1, -0.05) is 31.7 Å². The average molecular weight is 176 g/mol. The Balaban J connectivity index is 1.79. The van der Waals surface area contributed by atoms with Crippen LogP contribution in [0.3, 0.4) is 0 Å². The van der Waals surface area contributed by atoms with Gasteiger partial charge in [0.05, 0.1) is 0 Å². The molecule has 1 aromatic rings. The maximum absolute atomic E-state index is 2.29. The second kappa shape index (κ2) is 4.40. The van der Waals surface area contributed by atoms with Crippen LogP contribution in [-0.4, -0.2) is 0 Å². The summed E-state index contributed by atoms with van der Waals surface area (Å²) < 4.78 is 2.29. The molecule has 1 heterocycles. The summed E-state index contributed by atoms with van der Waals surface area (Å²) in [5, 5.41) is 0. The van der Waals surface area contributed by atoms with E-state index in [-0.39, 0.29) is 0 Å². The second-order valence-electron chi connectivity index (χ2n) is 4.05. The number of hydrogen-bond donors (Lipinski definition) is 0. The zero-order chi connectivity index (χ0) is 8.93. The van der Waals surface area contributed by atoms with Crippen LogP contribution in [0.15, 0.2) is 30.6 Å². The monoisotopic (exact) mass is 176 g/mol. The molecule has 1 aliphatic rings. The van der Waals surface area contributed by atoms with Crippen LogP contribution >= 0.6 is 0 Å². The van der Waals surface area contributed by atoms with Crippen molar-refractivity contribution >= 4 is 0 Å². The van der Waals surface area contributed by atoms with Gasteiger partial charge in [0.15, 0.2) is 12.4 Å². The molecule has 0 aliphatic heterocycles. The van der Waals surface area contributed by atoms with Gasteiger partial charge in [-0.2, -0.15) is 0 Å². The second-order valence-corrected chi connectivity index (χ2v) is 4.05. The van der Waals surface area contributed by atoms with Crippen LogP contribution in [0.4, 0.5) is 0 Å². The number of rotatable bonds is 3. The van der Waals surface area contributed by atoms with Crippen molar-refractivity contribution < 1.29 is 4.57 Å². The van der Waals surface area contributed by atoms with Crippen LogP contribution in [0.25, 0.3) is 0 Å². The maximum atomic E-state index is 2.29. The zero-order valence-electron chi connectivity index (χ0n) is 8.15. The smallest absolute Gasteiger partial charge is 0.168 e. The molecule has 0 saturated heterocycles. The van der Waals surface area contributed by atoms with Gasteiger partial charge in [-0.05, 0) is 5.92 Å². The summed E-state index contributed by atoms with van der Waals surface area (Å²) in [6, 6.07) is 6.29. The van der Waals surface area contributed by atoms with Gasteiger partial charge in [0, 0.05) is 18.6 Å². The van der Waals surface area contributed by atoms with E-state index < -0.39 is 0 Å². The van der Waals surface area contributed by atoms with Crippen LogP contribution < -0.4 is 4.57 Å². The minimum absolute atomic E-state index is 1.01. The van der Waals surface area contributed by atoms with Crippen LogP contribution in [-0.2, 0) is 6.54 Å². The molecular weight excluding hydrogens is 158 g/mol. The Morgan fingerprint density at radius 1 is 1.00 bits per heavy atom. The lowest BCUT2D eigenvalue weighted by Crippen LogP contribution is -2.33. The van der Waals surface area contributed by atoms with Gasteiger partial charge in [-0.15, -0.1) is 0 Å². The molecule has 1 aliphatic carbocycles.